The van der Waals surface area contributed by atoms with Crippen molar-refractivity contribution in [3.63, 3.8) is 0 Å². The van der Waals surface area contributed by atoms with Gasteiger partial charge in [0.15, 0.2) is 0 Å². The second-order valence-corrected chi connectivity index (χ2v) is 6.78. The maximum Gasteiger partial charge on any atom is 0.0681 e. The van der Waals surface area contributed by atoms with Crippen molar-refractivity contribution in [2.75, 3.05) is 0 Å². The highest BCUT2D eigenvalue weighted by molar-refractivity contribution is 5.75. The van der Waals surface area contributed by atoms with Gasteiger partial charge in [0.05, 0.1) is 6.61 Å². The van der Waals surface area contributed by atoms with E-state index >= 15 is 0 Å². The lowest BCUT2D eigenvalue weighted by Gasteiger charge is -2.14. The van der Waals surface area contributed by atoms with E-state index in [9.17, 15) is 5.11 Å². The summed E-state index contributed by atoms with van der Waals surface area (Å²) in [6.45, 7) is 6.68. The molecule has 3 rings (SSSR count). The average Bonchev–Trinajstić information content (AvgIpc) is 2.72. The van der Waals surface area contributed by atoms with Crippen LogP contribution in [-0.4, -0.2) is 5.11 Å². The van der Waals surface area contributed by atoms with E-state index in [0.29, 0.717) is 0 Å². The second kappa shape index (κ2) is 8.33. The molecule has 134 valence electrons. The summed E-state index contributed by atoms with van der Waals surface area (Å²) >= 11 is 0. The fraction of sp³-hybridized carbons (Fsp3) is 0.280. The number of rotatable bonds is 6. The standard InChI is InChI=1S/C25H28O/c1-4-18-7-10-22(11-8-18)24-14-12-23(16-21(24)6-3)25-13-9-19(17-26)15-20(25)5-2/h7-16,26H,4-6,17H2,1-3H3. The molecule has 1 nitrogen and oxygen atoms in total. The molecule has 0 aromatic heterocycles. The highest BCUT2D eigenvalue weighted by Gasteiger charge is 2.10. The quantitative estimate of drug-likeness (QED) is 0.564. The molecule has 0 aliphatic heterocycles. The highest BCUT2D eigenvalue weighted by atomic mass is 16.3. The molecular formula is C25H28O. The molecule has 26 heavy (non-hydrogen) atoms. The summed E-state index contributed by atoms with van der Waals surface area (Å²) in [5, 5.41) is 9.40. The van der Waals surface area contributed by atoms with Gasteiger partial charge in [-0.1, -0.05) is 81.4 Å². The van der Waals surface area contributed by atoms with Gasteiger partial charge in [0, 0.05) is 0 Å². The fourth-order valence-electron chi connectivity index (χ4n) is 3.57. The van der Waals surface area contributed by atoms with Crippen LogP contribution in [0.4, 0.5) is 0 Å². The van der Waals surface area contributed by atoms with Crippen molar-refractivity contribution in [1.29, 1.82) is 0 Å². The van der Waals surface area contributed by atoms with Gasteiger partial charge in [-0.05, 0) is 63.8 Å². The maximum atomic E-state index is 9.40. The van der Waals surface area contributed by atoms with Gasteiger partial charge in [-0.15, -0.1) is 0 Å². The molecule has 0 aliphatic rings. The molecule has 0 radical (unpaired) electrons. The van der Waals surface area contributed by atoms with Crippen LogP contribution in [0.15, 0.2) is 60.7 Å². The van der Waals surface area contributed by atoms with Gasteiger partial charge in [0.1, 0.15) is 0 Å². The predicted molar refractivity (Wildman–Crippen MR) is 111 cm³/mol. The zero-order chi connectivity index (χ0) is 18.5. The predicted octanol–water partition coefficient (Wildman–Crippen LogP) is 6.20. The topological polar surface area (TPSA) is 20.2 Å². The first-order chi connectivity index (χ1) is 12.7. The van der Waals surface area contributed by atoms with Crippen LogP contribution in [0.3, 0.4) is 0 Å². The van der Waals surface area contributed by atoms with Gasteiger partial charge in [0.25, 0.3) is 0 Å². The molecule has 0 heterocycles. The van der Waals surface area contributed by atoms with Crippen LogP contribution in [0.5, 0.6) is 0 Å². The van der Waals surface area contributed by atoms with E-state index in [-0.39, 0.29) is 6.61 Å². The Morgan fingerprint density at radius 2 is 1.12 bits per heavy atom. The third-order valence-corrected chi connectivity index (χ3v) is 5.20. The van der Waals surface area contributed by atoms with Crippen molar-refractivity contribution in [3.8, 4) is 22.3 Å². The number of benzene rings is 3. The molecule has 0 saturated heterocycles. The lowest BCUT2D eigenvalue weighted by atomic mass is 9.90. The molecule has 0 saturated carbocycles. The van der Waals surface area contributed by atoms with Gasteiger partial charge < -0.3 is 5.11 Å². The Bertz CT molecular complexity index is 875. The zero-order valence-corrected chi connectivity index (χ0v) is 16.0. The largest absolute Gasteiger partial charge is 0.392 e. The molecular weight excluding hydrogens is 316 g/mol. The zero-order valence-electron chi connectivity index (χ0n) is 16.0. The van der Waals surface area contributed by atoms with Gasteiger partial charge in [-0.3, -0.25) is 0 Å². The molecule has 1 heteroatoms. The van der Waals surface area contributed by atoms with E-state index < -0.39 is 0 Å². The normalized spacial score (nSPS) is 10.9. The lowest BCUT2D eigenvalue weighted by molar-refractivity contribution is 0.282. The summed E-state index contributed by atoms with van der Waals surface area (Å²) in [6.07, 6.45) is 3.04. The van der Waals surface area contributed by atoms with E-state index in [1.165, 1.54) is 38.9 Å². The van der Waals surface area contributed by atoms with Crippen LogP contribution < -0.4 is 0 Å². The lowest BCUT2D eigenvalue weighted by Crippen LogP contribution is -1.94. The summed E-state index contributed by atoms with van der Waals surface area (Å²) in [4.78, 5) is 0. The summed E-state index contributed by atoms with van der Waals surface area (Å²) in [5.41, 5.74) is 10.2. The Balaban J connectivity index is 2.03. The van der Waals surface area contributed by atoms with Crippen LogP contribution in [0.1, 0.15) is 43.0 Å². The first kappa shape index (κ1) is 18.4. The van der Waals surface area contributed by atoms with E-state index in [0.717, 1.165) is 24.8 Å². The third kappa shape index (κ3) is 3.73. The summed E-state index contributed by atoms with van der Waals surface area (Å²) in [7, 11) is 0. The molecule has 0 spiro atoms. The number of aliphatic hydroxyl groups excluding tert-OH is 1. The first-order valence-corrected chi connectivity index (χ1v) is 9.65. The van der Waals surface area contributed by atoms with Crippen molar-refractivity contribution in [1.82, 2.24) is 0 Å². The van der Waals surface area contributed by atoms with Crippen LogP contribution in [0.25, 0.3) is 22.3 Å². The van der Waals surface area contributed by atoms with E-state index in [1.54, 1.807) is 0 Å². The molecule has 0 fully saturated rings. The van der Waals surface area contributed by atoms with Crippen molar-refractivity contribution < 1.29 is 5.11 Å². The molecule has 1 N–H and O–H groups in total. The Hall–Kier alpha value is -2.38. The van der Waals surface area contributed by atoms with Gasteiger partial charge >= 0.3 is 0 Å². The minimum absolute atomic E-state index is 0.0974. The highest BCUT2D eigenvalue weighted by Crippen LogP contribution is 2.32. The molecule has 0 unspecified atom stereocenters. The number of aryl methyl sites for hydroxylation is 3. The van der Waals surface area contributed by atoms with Crippen LogP contribution in [-0.2, 0) is 25.9 Å². The van der Waals surface area contributed by atoms with Gasteiger partial charge in [-0.25, -0.2) is 0 Å². The third-order valence-electron chi connectivity index (χ3n) is 5.20. The monoisotopic (exact) mass is 344 g/mol. The number of hydrogen-bond acceptors (Lipinski definition) is 1. The SMILES string of the molecule is CCc1ccc(-c2ccc(-c3ccc(CO)cc3CC)cc2CC)cc1. The molecule has 0 bridgehead atoms. The van der Waals surface area contributed by atoms with E-state index in [4.69, 9.17) is 0 Å². The van der Waals surface area contributed by atoms with Crippen molar-refractivity contribution in [3.05, 3.63) is 82.9 Å². The van der Waals surface area contributed by atoms with Crippen molar-refractivity contribution >= 4 is 0 Å². The van der Waals surface area contributed by atoms with Crippen LogP contribution >= 0.6 is 0 Å². The summed E-state index contributed by atoms with van der Waals surface area (Å²) in [5.74, 6) is 0. The molecule has 0 amide bonds. The maximum absolute atomic E-state index is 9.40. The summed E-state index contributed by atoms with van der Waals surface area (Å²) in [6, 6.07) is 22.0. The van der Waals surface area contributed by atoms with Crippen molar-refractivity contribution in [2.24, 2.45) is 0 Å². The van der Waals surface area contributed by atoms with E-state index in [2.05, 4.69) is 75.4 Å². The van der Waals surface area contributed by atoms with Gasteiger partial charge in [-0.2, -0.15) is 0 Å². The second-order valence-electron chi connectivity index (χ2n) is 6.78. The molecule has 0 atom stereocenters. The Morgan fingerprint density at radius 3 is 1.73 bits per heavy atom. The molecule has 3 aromatic rings. The fourth-order valence-corrected chi connectivity index (χ4v) is 3.57. The molecule has 3 aromatic carbocycles. The Labute approximate surface area is 157 Å². The number of aliphatic hydroxyl groups is 1. The average molecular weight is 344 g/mol. The van der Waals surface area contributed by atoms with Crippen LogP contribution in [0.2, 0.25) is 0 Å². The molecule has 0 aliphatic carbocycles. The Kier molecular flexibility index (Phi) is 5.90. The number of hydrogen-bond donors (Lipinski definition) is 1. The minimum Gasteiger partial charge on any atom is -0.392 e. The Morgan fingerprint density at radius 1 is 0.577 bits per heavy atom. The van der Waals surface area contributed by atoms with Crippen LogP contribution in [0, 0.1) is 0 Å². The van der Waals surface area contributed by atoms with Gasteiger partial charge in [0.2, 0.25) is 0 Å². The van der Waals surface area contributed by atoms with Crippen molar-refractivity contribution in [2.45, 2.75) is 46.6 Å². The first-order valence-electron chi connectivity index (χ1n) is 9.65. The smallest absolute Gasteiger partial charge is 0.0681 e. The van der Waals surface area contributed by atoms with E-state index in [1.807, 2.05) is 6.07 Å². The minimum atomic E-state index is 0.0974. The summed E-state index contributed by atoms with van der Waals surface area (Å²) < 4.78 is 0.